The third kappa shape index (κ3) is 3.09. The van der Waals surface area contributed by atoms with E-state index in [-0.39, 0.29) is 5.88 Å². The maximum atomic E-state index is 10.4. The van der Waals surface area contributed by atoms with Crippen LogP contribution in [-0.2, 0) is 0 Å². The smallest absolute Gasteiger partial charge is 0.158 e. The lowest BCUT2D eigenvalue weighted by atomic mass is 9.97. The maximum absolute atomic E-state index is 10.4. The highest BCUT2D eigenvalue weighted by Crippen LogP contribution is 2.38. The quantitative estimate of drug-likeness (QED) is 0.465. The number of hydrogen-bond donors (Lipinski definition) is 1. The maximum Gasteiger partial charge on any atom is 0.158 e. The Labute approximate surface area is 113 Å². The molecule has 8 heteroatoms. The Morgan fingerprint density at radius 3 is 2.80 bits per heavy atom. The molecule has 0 heterocycles. The molecule has 0 fully saturated rings. The third-order valence-electron chi connectivity index (χ3n) is 1.85. The van der Waals surface area contributed by atoms with Gasteiger partial charge in [-0.2, -0.15) is 0 Å². The van der Waals surface area contributed by atoms with Gasteiger partial charge in [-0.3, -0.25) is 0 Å². The van der Waals surface area contributed by atoms with Crippen molar-refractivity contribution >= 4 is 55.1 Å². The van der Waals surface area contributed by atoms with Crippen LogP contribution in [0, 0.1) is 10.1 Å². The second-order valence-corrected chi connectivity index (χ2v) is 6.03. The number of allylic oxidation sites excluding steroid dienone is 2. The summed E-state index contributed by atoms with van der Waals surface area (Å²) in [5.41, 5.74) is 2.12. The first kappa shape index (κ1) is 13.3. The van der Waals surface area contributed by atoms with E-state index in [2.05, 4.69) is 37.3 Å². The van der Waals surface area contributed by atoms with Gasteiger partial charge in [0, 0.05) is 15.4 Å². The van der Waals surface area contributed by atoms with Gasteiger partial charge < -0.3 is 0 Å². The number of nitro groups is 1. The highest BCUT2D eigenvalue weighted by Gasteiger charge is 2.41. The molecule has 0 radical (unpaired) electrons. The highest BCUT2D eigenvalue weighted by molar-refractivity contribution is 9.12. The molecule has 4 nitrogen and oxygen atoms in total. The van der Waals surface area contributed by atoms with Crippen LogP contribution in [-0.4, -0.2) is 21.3 Å². The van der Waals surface area contributed by atoms with Crippen molar-refractivity contribution in [2.24, 2.45) is 0 Å². The van der Waals surface area contributed by atoms with Gasteiger partial charge in [-0.05, 0) is 12.2 Å². The SMILES string of the molecule is O=[N+]([O-])NC1C(Cl)=CC(Br)=CC1(Br)CCl. The molecule has 0 spiro atoms. The van der Waals surface area contributed by atoms with Crippen molar-refractivity contribution in [1.29, 1.82) is 0 Å². The fourth-order valence-corrected chi connectivity index (χ4v) is 3.60. The number of rotatable bonds is 3. The molecule has 0 aromatic heterocycles. The monoisotopic (exact) mass is 378 g/mol. The molecule has 0 aromatic rings. The van der Waals surface area contributed by atoms with Gasteiger partial charge in [0.2, 0.25) is 0 Å². The largest absolute Gasteiger partial charge is 0.235 e. The molecule has 2 unspecified atom stereocenters. The second kappa shape index (κ2) is 5.03. The molecule has 0 aromatic carbocycles. The van der Waals surface area contributed by atoms with Gasteiger partial charge >= 0.3 is 0 Å². The molecule has 1 aliphatic rings. The van der Waals surface area contributed by atoms with Crippen LogP contribution in [0.2, 0.25) is 0 Å². The van der Waals surface area contributed by atoms with Crippen LogP contribution in [0.5, 0.6) is 0 Å². The van der Waals surface area contributed by atoms with E-state index >= 15 is 0 Å². The summed E-state index contributed by atoms with van der Waals surface area (Å²) in [6, 6.07) is -0.687. The van der Waals surface area contributed by atoms with Crippen molar-refractivity contribution in [3.05, 3.63) is 31.8 Å². The van der Waals surface area contributed by atoms with Crippen LogP contribution in [0.1, 0.15) is 0 Å². The summed E-state index contributed by atoms with van der Waals surface area (Å²) >= 11 is 18.3. The van der Waals surface area contributed by atoms with Crippen molar-refractivity contribution in [1.82, 2.24) is 5.43 Å². The van der Waals surface area contributed by atoms with Crippen molar-refractivity contribution < 1.29 is 5.03 Å². The summed E-state index contributed by atoms with van der Waals surface area (Å²) in [7, 11) is 0. The molecule has 84 valence electrons. The topological polar surface area (TPSA) is 55.2 Å². The van der Waals surface area contributed by atoms with E-state index < -0.39 is 15.4 Å². The normalized spacial score (nSPS) is 30.5. The Hall–Kier alpha value is 0.220. The van der Waals surface area contributed by atoms with E-state index in [0.29, 0.717) is 5.03 Å². The summed E-state index contributed by atoms with van der Waals surface area (Å²) in [5, 5.41) is 10.1. The van der Waals surface area contributed by atoms with Crippen molar-refractivity contribution in [3.8, 4) is 0 Å². The Morgan fingerprint density at radius 1 is 1.73 bits per heavy atom. The Balaban J connectivity index is 3.02. The van der Waals surface area contributed by atoms with Crippen LogP contribution in [0.15, 0.2) is 21.7 Å². The molecule has 0 bridgehead atoms. The number of nitrogens with one attached hydrogen (secondary N) is 1. The average Bonchev–Trinajstić information content (AvgIpc) is 2.11. The Morgan fingerprint density at radius 2 is 2.33 bits per heavy atom. The number of hydrazine groups is 1. The predicted octanol–water partition coefficient (Wildman–Crippen LogP) is 2.92. The Bertz CT molecular complexity index is 348. The van der Waals surface area contributed by atoms with Crippen LogP contribution in [0.25, 0.3) is 0 Å². The fourth-order valence-electron chi connectivity index (χ4n) is 1.19. The molecular formula is C7H6Br2Cl2N2O2. The molecule has 2 atom stereocenters. The summed E-state index contributed by atoms with van der Waals surface area (Å²) < 4.78 is -0.0434. The van der Waals surface area contributed by atoms with Crippen molar-refractivity contribution in [2.75, 3.05) is 5.88 Å². The van der Waals surface area contributed by atoms with Crippen LogP contribution < -0.4 is 5.43 Å². The molecule has 1 N–H and O–H groups in total. The van der Waals surface area contributed by atoms with E-state index in [0.717, 1.165) is 4.48 Å². The number of halogens is 4. The summed E-state index contributed by atoms with van der Waals surface area (Å²) in [6.07, 6.45) is 3.32. The first-order valence-electron chi connectivity index (χ1n) is 3.80. The molecule has 15 heavy (non-hydrogen) atoms. The standard InChI is InChI=1S/C7H6Br2Cl2N2O2/c8-4-1-5(11)6(12-13(14)15)7(9,2-4)3-10/h1-2,6,12H,3H2. The summed E-state index contributed by atoms with van der Waals surface area (Å²) in [5.74, 6) is 0.150. The summed E-state index contributed by atoms with van der Waals surface area (Å²) in [6.45, 7) is 0. The molecule has 1 rings (SSSR count). The lowest BCUT2D eigenvalue weighted by molar-refractivity contribution is -0.549. The Kier molecular flexibility index (Phi) is 4.46. The third-order valence-corrected chi connectivity index (χ3v) is 4.37. The van der Waals surface area contributed by atoms with Gasteiger partial charge in [0.15, 0.2) is 5.03 Å². The first-order chi connectivity index (χ1) is 6.89. The average molecular weight is 381 g/mol. The zero-order chi connectivity index (χ0) is 11.6. The van der Waals surface area contributed by atoms with E-state index in [1.165, 1.54) is 0 Å². The zero-order valence-electron chi connectivity index (χ0n) is 7.21. The lowest BCUT2D eigenvalue weighted by Gasteiger charge is -2.31. The van der Waals surface area contributed by atoms with Gasteiger partial charge in [-0.25, -0.2) is 10.1 Å². The van der Waals surface area contributed by atoms with E-state index in [1.807, 2.05) is 0 Å². The zero-order valence-corrected chi connectivity index (χ0v) is 11.9. The number of alkyl halides is 2. The van der Waals surface area contributed by atoms with E-state index in [9.17, 15) is 10.1 Å². The predicted molar refractivity (Wildman–Crippen MR) is 67.2 cm³/mol. The molecule has 1 aliphatic carbocycles. The molecule has 0 amide bonds. The molecular weight excluding hydrogens is 375 g/mol. The summed E-state index contributed by atoms with van der Waals surface area (Å²) in [4.78, 5) is 10.4. The van der Waals surface area contributed by atoms with Gasteiger partial charge in [-0.1, -0.05) is 43.5 Å². The second-order valence-electron chi connectivity index (χ2n) is 2.94. The molecule has 0 saturated heterocycles. The molecule has 0 saturated carbocycles. The van der Waals surface area contributed by atoms with Crippen molar-refractivity contribution in [2.45, 2.75) is 10.4 Å². The van der Waals surface area contributed by atoms with Gasteiger partial charge in [0.05, 0.1) is 4.32 Å². The minimum atomic E-state index is -0.772. The number of nitrogens with zero attached hydrogens (tertiary/aromatic N) is 1. The lowest BCUT2D eigenvalue weighted by Crippen LogP contribution is -2.50. The van der Waals surface area contributed by atoms with Crippen LogP contribution >= 0.6 is 55.1 Å². The highest BCUT2D eigenvalue weighted by atomic mass is 79.9. The first-order valence-corrected chi connectivity index (χ1v) is 6.30. The number of hydrogen-bond acceptors (Lipinski definition) is 2. The van der Waals surface area contributed by atoms with Crippen molar-refractivity contribution in [3.63, 3.8) is 0 Å². The minimum Gasteiger partial charge on any atom is -0.235 e. The fraction of sp³-hybridized carbons (Fsp3) is 0.429. The van der Waals surface area contributed by atoms with Gasteiger partial charge in [-0.15, -0.1) is 17.0 Å². The molecule has 0 aliphatic heterocycles. The van der Waals surface area contributed by atoms with Crippen LogP contribution in [0.3, 0.4) is 0 Å². The van der Waals surface area contributed by atoms with Gasteiger partial charge in [0.25, 0.3) is 0 Å². The van der Waals surface area contributed by atoms with Gasteiger partial charge in [0.1, 0.15) is 6.04 Å². The minimum absolute atomic E-state index is 0.150. The van der Waals surface area contributed by atoms with E-state index in [1.54, 1.807) is 12.2 Å². The van der Waals surface area contributed by atoms with E-state index in [4.69, 9.17) is 23.2 Å². The van der Waals surface area contributed by atoms with Crippen LogP contribution in [0.4, 0.5) is 0 Å².